The van der Waals surface area contributed by atoms with Crippen molar-refractivity contribution in [2.24, 2.45) is 0 Å². The second kappa shape index (κ2) is 4.33. The van der Waals surface area contributed by atoms with Crippen molar-refractivity contribution in [3.05, 3.63) is 35.4 Å². The molecule has 1 aromatic rings. The van der Waals surface area contributed by atoms with Crippen LogP contribution < -0.4 is 5.32 Å². The van der Waals surface area contributed by atoms with E-state index in [0.29, 0.717) is 0 Å². The molecule has 0 radical (unpaired) electrons. The van der Waals surface area contributed by atoms with E-state index < -0.39 is 0 Å². The van der Waals surface area contributed by atoms with Crippen LogP contribution in [0, 0.1) is 0 Å². The number of benzene rings is 1. The van der Waals surface area contributed by atoms with E-state index >= 15 is 0 Å². The number of nitrogens with one attached hydrogen (secondary N) is 1. The molecular weight excluding hydrogens is 186 g/mol. The minimum Gasteiger partial charge on any atom is -0.368 e. The van der Waals surface area contributed by atoms with Gasteiger partial charge in [0, 0.05) is 13.1 Å². The van der Waals surface area contributed by atoms with Gasteiger partial charge in [-0.15, -0.1) is 0 Å². The Morgan fingerprint density at radius 3 is 2.60 bits per heavy atom. The van der Waals surface area contributed by atoms with Crippen LogP contribution in [0.4, 0.5) is 0 Å². The molecule has 2 nitrogen and oxygen atoms in total. The molecule has 0 amide bonds. The molecule has 1 fully saturated rings. The van der Waals surface area contributed by atoms with Gasteiger partial charge in [-0.25, -0.2) is 0 Å². The summed E-state index contributed by atoms with van der Waals surface area (Å²) in [5.74, 6) is 0. The first kappa shape index (κ1) is 10.7. The smallest absolute Gasteiger partial charge is 0.103 e. The molecular formula is C13H19NO. The Labute approximate surface area is 91.6 Å². The Hall–Kier alpha value is -0.860. The first-order chi connectivity index (χ1) is 7.24. The van der Waals surface area contributed by atoms with E-state index in [0.717, 1.165) is 26.1 Å². The molecule has 82 valence electrons. The van der Waals surface area contributed by atoms with Gasteiger partial charge in [0.05, 0.1) is 6.61 Å². The third-order valence-electron chi connectivity index (χ3n) is 3.13. The van der Waals surface area contributed by atoms with Crippen molar-refractivity contribution in [3.63, 3.8) is 0 Å². The fraction of sp³-hybridized carbons (Fsp3) is 0.538. The van der Waals surface area contributed by atoms with Gasteiger partial charge in [-0.1, -0.05) is 31.2 Å². The van der Waals surface area contributed by atoms with E-state index in [4.69, 9.17) is 4.74 Å². The monoisotopic (exact) mass is 205 g/mol. The average Bonchev–Trinajstić information content (AvgIpc) is 2.30. The lowest BCUT2D eigenvalue weighted by molar-refractivity contribution is -0.0572. The van der Waals surface area contributed by atoms with Crippen LogP contribution in [0.3, 0.4) is 0 Å². The normalized spacial score (nSPS) is 26.5. The molecule has 0 saturated carbocycles. The fourth-order valence-corrected chi connectivity index (χ4v) is 2.00. The predicted molar refractivity (Wildman–Crippen MR) is 62.0 cm³/mol. The zero-order valence-electron chi connectivity index (χ0n) is 9.55. The third kappa shape index (κ3) is 2.21. The minimum atomic E-state index is -0.148. The van der Waals surface area contributed by atoms with Gasteiger partial charge in [-0.3, -0.25) is 0 Å². The molecule has 1 aromatic carbocycles. The van der Waals surface area contributed by atoms with E-state index in [1.54, 1.807) is 0 Å². The maximum Gasteiger partial charge on any atom is 0.103 e. The van der Waals surface area contributed by atoms with Crippen molar-refractivity contribution in [1.82, 2.24) is 5.32 Å². The lowest BCUT2D eigenvalue weighted by Gasteiger charge is -2.35. The number of rotatable bonds is 2. The van der Waals surface area contributed by atoms with Crippen LogP contribution in [-0.4, -0.2) is 19.7 Å². The third-order valence-corrected chi connectivity index (χ3v) is 3.13. The highest BCUT2D eigenvalue weighted by molar-refractivity contribution is 5.27. The van der Waals surface area contributed by atoms with Crippen molar-refractivity contribution >= 4 is 0 Å². The lowest BCUT2D eigenvalue weighted by Crippen LogP contribution is -2.45. The highest BCUT2D eigenvalue weighted by atomic mass is 16.5. The highest BCUT2D eigenvalue weighted by Gasteiger charge is 2.29. The highest BCUT2D eigenvalue weighted by Crippen LogP contribution is 2.26. The molecule has 1 saturated heterocycles. The van der Waals surface area contributed by atoms with Gasteiger partial charge in [0.25, 0.3) is 0 Å². The summed E-state index contributed by atoms with van der Waals surface area (Å²) in [5, 5.41) is 3.38. The van der Waals surface area contributed by atoms with E-state index in [9.17, 15) is 0 Å². The largest absolute Gasteiger partial charge is 0.368 e. The first-order valence-electron chi connectivity index (χ1n) is 5.69. The van der Waals surface area contributed by atoms with Crippen LogP contribution in [0.1, 0.15) is 25.0 Å². The van der Waals surface area contributed by atoms with Crippen LogP contribution in [0.5, 0.6) is 0 Å². The summed E-state index contributed by atoms with van der Waals surface area (Å²) >= 11 is 0. The number of hydrogen-bond donors (Lipinski definition) is 1. The van der Waals surface area contributed by atoms with Gasteiger partial charge >= 0.3 is 0 Å². The van der Waals surface area contributed by atoms with Gasteiger partial charge in [0.15, 0.2) is 0 Å². The summed E-state index contributed by atoms with van der Waals surface area (Å²) in [6, 6.07) is 8.76. The number of aryl methyl sites for hydroxylation is 1. The van der Waals surface area contributed by atoms with Crippen molar-refractivity contribution in [1.29, 1.82) is 0 Å². The molecule has 0 aliphatic carbocycles. The SMILES string of the molecule is CCc1ccc(C2(C)CNCCO2)cc1. The maximum absolute atomic E-state index is 5.86. The van der Waals surface area contributed by atoms with Gasteiger partial charge in [0.2, 0.25) is 0 Å². The average molecular weight is 205 g/mol. The summed E-state index contributed by atoms with van der Waals surface area (Å²) in [6.45, 7) is 6.99. The molecule has 0 aromatic heterocycles. The molecule has 0 bridgehead atoms. The first-order valence-corrected chi connectivity index (χ1v) is 5.69. The van der Waals surface area contributed by atoms with Crippen LogP contribution in [0.15, 0.2) is 24.3 Å². The molecule has 1 N–H and O–H groups in total. The Bertz CT molecular complexity index is 312. The number of ether oxygens (including phenoxy) is 1. The summed E-state index contributed by atoms with van der Waals surface area (Å²) in [4.78, 5) is 0. The standard InChI is InChI=1S/C13H19NO/c1-3-11-4-6-12(7-5-11)13(2)10-14-8-9-15-13/h4-7,14H,3,8-10H2,1-2H3. The number of hydrogen-bond acceptors (Lipinski definition) is 2. The van der Waals surface area contributed by atoms with Crippen LogP contribution in [-0.2, 0) is 16.8 Å². The second-order valence-corrected chi connectivity index (χ2v) is 4.31. The maximum atomic E-state index is 5.86. The molecule has 1 aliphatic rings. The van der Waals surface area contributed by atoms with Crippen molar-refractivity contribution in [2.75, 3.05) is 19.7 Å². The molecule has 1 unspecified atom stereocenters. The Morgan fingerprint density at radius 2 is 2.07 bits per heavy atom. The number of morpholine rings is 1. The molecule has 1 aliphatic heterocycles. The van der Waals surface area contributed by atoms with Gasteiger partial charge in [-0.2, -0.15) is 0 Å². The molecule has 1 heterocycles. The van der Waals surface area contributed by atoms with Crippen molar-refractivity contribution in [2.45, 2.75) is 25.9 Å². The van der Waals surface area contributed by atoms with Crippen LogP contribution in [0.2, 0.25) is 0 Å². The lowest BCUT2D eigenvalue weighted by atomic mass is 9.93. The summed E-state index contributed by atoms with van der Waals surface area (Å²) in [6.07, 6.45) is 1.09. The molecule has 2 rings (SSSR count). The van der Waals surface area contributed by atoms with Crippen LogP contribution in [0.25, 0.3) is 0 Å². The van der Waals surface area contributed by atoms with Gasteiger partial charge in [-0.05, 0) is 24.5 Å². The Morgan fingerprint density at radius 1 is 1.33 bits per heavy atom. The zero-order valence-corrected chi connectivity index (χ0v) is 9.55. The van der Waals surface area contributed by atoms with E-state index in [1.165, 1.54) is 11.1 Å². The Balaban J connectivity index is 2.20. The summed E-state index contributed by atoms with van der Waals surface area (Å²) in [5.41, 5.74) is 2.50. The quantitative estimate of drug-likeness (QED) is 0.798. The second-order valence-electron chi connectivity index (χ2n) is 4.31. The summed E-state index contributed by atoms with van der Waals surface area (Å²) in [7, 11) is 0. The molecule has 0 spiro atoms. The summed E-state index contributed by atoms with van der Waals surface area (Å²) < 4.78 is 5.86. The van der Waals surface area contributed by atoms with Gasteiger partial charge < -0.3 is 10.1 Å². The van der Waals surface area contributed by atoms with E-state index in [2.05, 4.69) is 43.4 Å². The molecule has 1 atom stereocenters. The molecule has 2 heteroatoms. The van der Waals surface area contributed by atoms with Crippen molar-refractivity contribution in [3.8, 4) is 0 Å². The predicted octanol–water partition coefficient (Wildman–Crippen LogP) is 2.08. The van der Waals surface area contributed by atoms with Crippen molar-refractivity contribution < 1.29 is 4.74 Å². The zero-order chi connectivity index (χ0) is 10.7. The Kier molecular flexibility index (Phi) is 3.08. The topological polar surface area (TPSA) is 21.3 Å². The fourth-order valence-electron chi connectivity index (χ4n) is 2.00. The van der Waals surface area contributed by atoms with E-state index in [-0.39, 0.29) is 5.60 Å². The minimum absolute atomic E-state index is 0.148. The van der Waals surface area contributed by atoms with E-state index in [1.807, 2.05) is 0 Å². The molecule has 15 heavy (non-hydrogen) atoms. The van der Waals surface area contributed by atoms with Gasteiger partial charge in [0.1, 0.15) is 5.60 Å². The van der Waals surface area contributed by atoms with Crippen LogP contribution >= 0.6 is 0 Å².